The highest BCUT2D eigenvalue weighted by Gasteiger charge is 2.30. The first-order chi connectivity index (χ1) is 14.9. The lowest BCUT2D eigenvalue weighted by atomic mass is 10.1. The number of thioether (sulfide) groups is 1. The molecule has 0 bridgehead atoms. The van der Waals surface area contributed by atoms with Crippen molar-refractivity contribution in [3.8, 4) is 5.69 Å². The summed E-state index contributed by atoms with van der Waals surface area (Å²) in [5, 5.41) is 3.90. The molecular formula is C23H31N5O2S. The SMILES string of the molecule is Cc1cccc(-n2ccnc2SCC(=O)N2CCN(C(C)C(=O)NC3CC3)CC2)c1C. The Balaban J connectivity index is 1.29. The standard InChI is InChI=1S/C23H31N5O2S/c1-16-5-4-6-20(17(16)2)28-10-9-24-23(28)31-15-21(29)27-13-11-26(12-14-27)18(3)22(30)25-19-7-8-19/h4-6,9-10,18-19H,7-8,11-15H2,1-3H3,(H,25,30). The Morgan fingerprint density at radius 3 is 2.65 bits per heavy atom. The van der Waals surface area contributed by atoms with Crippen molar-refractivity contribution in [3.63, 3.8) is 0 Å². The van der Waals surface area contributed by atoms with Crippen LogP contribution in [0.3, 0.4) is 0 Å². The normalized spacial score (nSPS) is 18.1. The number of amides is 2. The quantitative estimate of drug-likeness (QED) is 0.668. The van der Waals surface area contributed by atoms with E-state index in [4.69, 9.17) is 0 Å². The van der Waals surface area contributed by atoms with E-state index in [-0.39, 0.29) is 17.9 Å². The van der Waals surface area contributed by atoms with Crippen LogP contribution in [0.1, 0.15) is 30.9 Å². The number of aryl methyl sites for hydroxylation is 1. The lowest BCUT2D eigenvalue weighted by molar-refractivity contribution is -0.131. The predicted octanol–water partition coefficient (Wildman–Crippen LogP) is 2.39. The Hall–Kier alpha value is -2.32. The van der Waals surface area contributed by atoms with Crippen LogP contribution < -0.4 is 5.32 Å². The van der Waals surface area contributed by atoms with Crippen molar-refractivity contribution < 1.29 is 9.59 Å². The molecule has 166 valence electrons. The highest BCUT2D eigenvalue weighted by molar-refractivity contribution is 7.99. The molecule has 2 aliphatic rings. The lowest BCUT2D eigenvalue weighted by Crippen LogP contribution is -2.55. The van der Waals surface area contributed by atoms with E-state index < -0.39 is 0 Å². The van der Waals surface area contributed by atoms with Gasteiger partial charge in [-0.05, 0) is 50.8 Å². The molecule has 2 aromatic rings. The molecule has 1 atom stereocenters. The number of hydrogen-bond donors (Lipinski definition) is 1. The third kappa shape index (κ3) is 5.13. The first kappa shape index (κ1) is 21.9. The molecule has 1 saturated heterocycles. The fraction of sp³-hybridized carbons (Fsp3) is 0.522. The molecule has 31 heavy (non-hydrogen) atoms. The van der Waals surface area contributed by atoms with Crippen molar-refractivity contribution in [2.24, 2.45) is 0 Å². The second-order valence-electron chi connectivity index (χ2n) is 8.46. The van der Waals surface area contributed by atoms with E-state index in [1.165, 1.54) is 22.9 Å². The van der Waals surface area contributed by atoms with Gasteiger partial charge in [-0.25, -0.2) is 4.98 Å². The minimum Gasteiger partial charge on any atom is -0.352 e. The molecule has 2 fully saturated rings. The van der Waals surface area contributed by atoms with Gasteiger partial charge in [0.2, 0.25) is 11.8 Å². The summed E-state index contributed by atoms with van der Waals surface area (Å²) >= 11 is 1.47. The lowest BCUT2D eigenvalue weighted by Gasteiger charge is -2.37. The van der Waals surface area contributed by atoms with Crippen molar-refractivity contribution in [2.45, 2.75) is 50.9 Å². The van der Waals surface area contributed by atoms with Crippen LogP contribution in [0.15, 0.2) is 35.7 Å². The number of nitrogens with one attached hydrogen (secondary N) is 1. The fourth-order valence-corrected chi connectivity index (χ4v) is 4.74. The topological polar surface area (TPSA) is 70.5 Å². The zero-order valence-electron chi connectivity index (χ0n) is 18.5. The van der Waals surface area contributed by atoms with Gasteiger partial charge >= 0.3 is 0 Å². The number of aromatic nitrogens is 2. The highest BCUT2D eigenvalue weighted by atomic mass is 32.2. The summed E-state index contributed by atoms with van der Waals surface area (Å²) in [6.45, 7) is 8.94. The van der Waals surface area contributed by atoms with Gasteiger partial charge in [0.05, 0.1) is 17.5 Å². The molecule has 0 spiro atoms. The van der Waals surface area contributed by atoms with Crippen LogP contribution in [-0.4, -0.2) is 75.2 Å². The van der Waals surface area contributed by atoms with Crippen LogP contribution in [0.5, 0.6) is 0 Å². The summed E-state index contributed by atoms with van der Waals surface area (Å²) in [5.74, 6) is 0.589. The van der Waals surface area contributed by atoms with Crippen LogP contribution in [0.2, 0.25) is 0 Å². The summed E-state index contributed by atoms with van der Waals surface area (Å²) in [4.78, 5) is 33.6. The summed E-state index contributed by atoms with van der Waals surface area (Å²) < 4.78 is 2.05. The molecule has 7 nitrogen and oxygen atoms in total. The molecule has 1 aliphatic carbocycles. The van der Waals surface area contributed by atoms with E-state index >= 15 is 0 Å². The number of nitrogens with zero attached hydrogens (tertiary/aromatic N) is 4. The molecular weight excluding hydrogens is 410 g/mol. The highest BCUT2D eigenvalue weighted by Crippen LogP contribution is 2.25. The van der Waals surface area contributed by atoms with E-state index in [1.807, 2.05) is 24.1 Å². The molecule has 1 saturated carbocycles. The predicted molar refractivity (Wildman–Crippen MR) is 123 cm³/mol. The maximum Gasteiger partial charge on any atom is 0.237 e. The van der Waals surface area contributed by atoms with Crippen molar-refractivity contribution in [2.75, 3.05) is 31.9 Å². The third-order valence-corrected chi connectivity index (χ3v) is 7.24. The van der Waals surface area contributed by atoms with Gasteiger partial charge in [-0.1, -0.05) is 23.9 Å². The Kier molecular flexibility index (Phi) is 6.67. The smallest absolute Gasteiger partial charge is 0.237 e. The zero-order valence-corrected chi connectivity index (χ0v) is 19.3. The van der Waals surface area contributed by atoms with Crippen LogP contribution in [0.25, 0.3) is 5.69 Å². The zero-order chi connectivity index (χ0) is 22.0. The molecule has 8 heteroatoms. The van der Waals surface area contributed by atoms with Crippen LogP contribution in [0.4, 0.5) is 0 Å². The van der Waals surface area contributed by atoms with E-state index in [0.29, 0.717) is 24.9 Å². The molecule has 1 aromatic heterocycles. The first-order valence-electron chi connectivity index (χ1n) is 11.0. The Bertz CT molecular complexity index is 947. The number of benzene rings is 1. The van der Waals surface area contributed by atoms with Crippen LogP contribution in [0, 0.1) is 13.8 Å². The van der Waals surface area contributed by atoms with Crippen LogP contribution >= 0.6 is 11.8 Å². The molecule has 1 N–H and O–H groups in total. The minimum absolute atomic E-state index is 0.108. The third-order valence-electron chi connectivity index (χ3n) is 6.28. The van der Waals surface area contributed by atoms with E-state index in [1.54, 1.807) is 6.20 Å². The number of rotatable bonds is 7. The van der Waals surface area contributed by atoms with E-state index in [2.05, 4.69) is 45.7 Å². The monoisotopic (exact) mass is 441 g/mol. The van der Waals surface area contributed by atoms with E-state index in [9.17, 15) is 9.59 Å². The van der Waals surface area contributed by atoms with Gasteiger partial charge in [0.15, 0.2) is 5.16 Å². The second kappa shape index (κ2) is 9.44. The van der Waals surface area contributed by atoms with Crippen molar-refractivity contribution >= 4 is 23.6 Å². The Morgan fingerprint density at radius 1 is 1.19 bits per heavy atom. The average molecular weight is 442 g/mol. The number of carbonyl (C=O) groups is 2. The Morgan fingerprint density at radius 2 is 1.94 bits per heavy atom. The molecule has 1 aromatic carbocycles. The van der Waals surface area contributed by atoms with Gasteiger partial charge < -0.3 is 10.2 Å². The van der Waals surface area contributed by atoms with Gasteiger partial charge in [0.1, 0.15) is 0 Å². The molecule has 2 amide bonds. The molecule has 0 radical (unpaired) electrons. The number of imidazole rings is 1. The molecule has 4 rings (SSSR count). The van der Waals surface area contributed by atoms with Gasteiger partial charge in [0.25, 0.3) is 0 Å². The fourth-order valence-electron chi connectivity index (χ4n) is 3.87. The van der Waals surface area contributed by atoms with Gasteiger partial charge in [0, 0.05) is 44.6 Å². The Labute approximate surface area is 188 Å². The number of hydrogen-bond acceptors (Lipinski definition) is 5. The van der Waals surface area contributed by atoms with E-state index in [0.717, 1.165) is 36.8 Å². The second-order valence-corrected chi connectivity index (χ2v) is 9.41. The van der Waals surface area contributed by atoms with Gasteiger partial charge in [-0.2, -0.15) is 0 Å². The summed E-state index contributed by atoms with van der Waals surface area (Å²) in [7, 11) is 0. The van der Waals surface area contributed by atoms with Crippen molar-refractivity contribution in [1.82, 2.24) is 24.7 Å². The molecule has 1 unspecified atom stereocenters. The average Bonchev–Trinajstić information content (AvgIpc) is 3.47. The largest absolute Gasteiger partial charge is 0.352 e. The van der Waals surface area contributed by atoms with Crippen molar-refractivity contribution in [3.05, 3.63) is 41.7 Å². The summed E-state index contributed by atoms with van der Waals surface area (Å²) in [6, 6.07) is 6.46. The maximum atomic E-state index is 12.8. The maximum absolute atomic E-state index is 12.8. The van der Waals surface area contributed by atoms with Crippen LogP contribution in [-0.2, 0) is 9.59 Å². The first-order valence-corrected chi connectivity index (χ1v) is 12.0. The van der Waals surface area contributed by atoms with Gasteiger partial charge in [-0.3, -0.25) is 19.1 Å². The molecule has 1 aliphatic heterocycles. The van der Waals surface area contributed by atoms with Gasteiger partial charge in [-0.15, -0.1) is 0 Å². The summed E-state index contributed by atoms with van der Waals surface area (Å²) in [6.07, 6.45) is 5.92. The minimum atomic E-state index is -0.141. The number of piperazine rings is 1. The summed E-state index contributed by atoms with van der Waals surface area (Å²) in [5.41, 5.74) is 3.54. The van der Waals surface area contributed by atoms with Crippen molar-refractivity contribution in [1.29, 1.82) is 0 Å². The molecule has 2 heterocycles. The number of carbonyl (C=O) groups excluding carboxylic acids is 2.